The highest BCUT2D eigenvalue weighted by Crippen LogP contribution is 2.18. The topological polar surface area (TPSA) is 70.4 Å². The fourth-order valence-electron chi connectivity index (χ4n) is 2.83. The van der Waals surface area contributed by atoms with Gasteiger partial charge in [-0.05, 0) is 25.3 Å². The minimum atomic E-state index is -0.426. The van der Waals surface area contributed by atoms with Gasteiger partial charge in [0.25, 0.3) is 0 Å². The Morgan fingerprint density at radius 3 is 2.87 bits per heavy atom. The highest BCUT2D eigenvalue weighted by molar-refractivity contribution is 5.88. The summed E-state index contributed by atoms with van der Waals surface area (Å²) in [5, 5.41) is 16.9. The predicted octanol–water partition coefficient (Wildman–Crippen LogP) is 2.48. The number of likely N-dealkylation sites (tertiary alicyclic amines) is 1. The fraction of sp³-hybridized carbons (Fsp3) is 0.412. The molecule has 0 aliphatic carbocycles. The molecule has 1 aliphatic rings. The number of anilines is 1. The van der Waals surface area contributed by atoms with Crippen molar-refractivity contribution >= 4 is 11.8 Å². The standard InChI is InChI=1S/C17H22N4O2/c1-13(14-6-3-2-4-7-14)21-11-9-16(19-21)18-17(23)20-10-5-8-15(22)12-20/h2-4,6-7,9,11,13,15,22H,5,8,10,12H2,1H3,(H,18,19,23). The maximum atomic E-state index is 12.2. The van der Waals surface area contributed by atoms with Crippen molar-refractivity contribution in [1.82, 2.24) is 14.7 Å². The van der Waals surface area contributed by atoms with E-state index in [9.17, 15) is 9.90 Å². The number of β-amino-alcohol motifs (C(OH)–C–C–N with tert-alkyl or cyclic N) is 1. The first-order valence-electron chi connectivity index (χ1n) is 7.97. The lowest BCUT2D eigenvalue weighted by molar-refractivity contribution is 0.0883. The molecule has 0 bridgehead atoms. The van der Waals surface area contributed by atoms with Crippen LogP contribution in [0.5, 0.6) is 0 Å². The average molecular weight is 314 g/mol. The number of aliphatic hydroxyl groups is 1. The molecule has 2 atom stereocenters. The van der Waals surface area contributed by atoms with Crippen molar-refractivity contribution in [3.05, 3.63) is 48.2 Å². The number of carbonyl (C=O) groups is 1. The first-order valence-corrected chi connectivity index (χ1v) is 7.97. The van der Waals surface area contributed by atoms with E-state index in [-0.39, 0.29) is 12.1 Å². The van der Waals surface area contributed by atoms with Gasteiger partial charge >= 0.3 is 6.03 Å². The van der Waals surface area contributed by atoms with Crippen LogP contribution in [0, 0.1) is 0 Å². The fourth-order valence-corrected chi connectivity index (χ4v) is 2.83. The minimum absolute atomic E-state index is 0.0960. The van der Waals surface area contributed by atoms with E-state index in [4.69, 9.17) is 0 Å². The molecule has 2 unspecified atom stereocenters. The number of rotatable bonds is 3. The molecular formula is C17H22N4O2. The molecule has 3 rings (SSSR count). The molecule has 1 fully saturated rings. The number of hydrogen-bond acceptors (Lipinski definition) is 3. The Bertz CT molecular complexity index is 656. The number of benzene rings is 1. The molecule has 23 heavy (non-hydrogen) atoms. The Labute approximate surface area is 135 Å². The van der Waals surface area contributed by atoms with Crippen LogP contribution in [0.1, 0.15) is 31.4 Å². The molecule has 1 saturated heterocycles. The maximum absolute atomic E-state index is 12.2. The lowest BCUT2D eigenvalue weighted by Crippen LogP contribution is -2.44. The number of nitrogens with zero attached hydrogens (tertiary/aromatic N) is 3. The SMILES string of the molecule is CC(c1ccccc1)n1ccc(NC(=O)N2CCCC(O)C2)n1. The smallest absolute Gasteiger partial charge is 0.323 e. The quantitative estimate of drug-likeness (QED) is 0.914. The Morgan fingerprint density at radius 1 is 1.35 bits per heavy atom. The Hall–Kier alpha value is -2.34. The van der Waals surface area contributed by atoms with Gasteiger partial charge in [0.05, 0.1) is 12.1 Å². The number of piperidine rings is 1. The Kier molecular flexibility index (Phi) is 4.62. The van der Waals surface area contributed by atoms with Crippen LogP contribution >= 0.6 is 0 Å². The molecule has 0 saturated carbocycles. The third-order valence-electron chi connectivity index (χ3n) is 4.21. The van der Waals surface area contributed by atoms with E-state index in [0.717, 1.165) is 18.4 Å². The van der Waals surface area contributed by atoms with Crippen molar-refractivity contribution < 1.29 is 9.90 Å². The van der Waals surface area contributed by atoms with Crippen LogP contribution in [-0.2, 0) is 0 Å². The molecule has 2 N–H and O–H groups in total. The van der Waals surface area contributed by atoms with Crippen molar-refractivity contribution in [2.75, 3.05) is 18.4 Å². The number of hydrogen-bond donors (Lipinski definition) is 2. The summed E-state index contributed by atoms with van der Waals surface area (Å²) in [6, 6.07) is 11.8. The lowest BCUT2D eigenvalue weighted by atomic mass is 10.1. The van der Waals surface area contributed by atoms with Crippen LogP contribution in [0.2, 0.25) is 0 Å². The number of amides is 2. The van der Waals surface area contributed by atoms with Crippen LogP contribution in [0.3, 0.4) is 0 Å². The average Bonchev–Trinajstić information content (AvgIpc) is 3.03. The molecular weight excluding hydrogens is 292 g/mol. The van der Waals surface area contributed by atoms with Gasteiger partial charge < -0.3 is 10.0 Å². The normalized spacial score (nSPS) is 19.4. The first kappa shape index (κ1) is 15.6. The van der Waals surface area contributed by atoms with Crippen LogP contribution in [-0.4, -0.2) is 45.0 Å². The van der Waals surface area contributed by atoms with Crippen LogP contribution in [0.25, 0.3) is 0 Å². The summed E-state index contributed by atoms with van der Waals surface area (Å²) >= 11 is 0. The number of urea groups is 1. The summed E-state index contributed by atoms with van der Waals surface area (Å²) in [6.45, 7) is 3.12. The van der Waals surface area contributed by atoms with Gasteiger partial charge in [-0.1, -0.05) is 30.3 Å². The molecule has 6 nitrogen and oxygen atoms in total. The zero-order valence-electron chi connectivity index (χ0n) is 13.2. The second-order valence-electron chi connectivity index (χ2n) is 5.94. The van der Waals surface area contributed by atoms with E-state index in [1.807, 2.05) is 29.1 Å². The van der Waals surface area contributed by atoms with Gasteiger partial charge in [0, 0.05) is 25.4 Å². The maximum Gasteiger partial charge on any atom is 0.323 e. The molecule has 0 spiro atoms. The summed E-state index contributed by atoms with van der Waals surface area (Å²) in [5.41, 5.74) is 1.16. The first-order chi connectivity index (χ1) is 11.1. The van der Waals surface area contributed by atoms with Gasteiger partial charge in [-0.25, -0.2) is 4.79 Å². The van der Waals surface area contributed by atoms with Crippen molar-refractivity contribution in [2.24, 2.45) is 0 Å². The molecule has 2 heterocycles. The molecule has 6 heteroatoms. The van der Waals surface area contributed by atoms with Crippen molar-refractivity contribution in [3.63, 3.8) is 0 Å². The minimum Gasteiger partial charge on any atom is -0.391 e. The van der Waals surface area contributed by atoms with Gasteiger partial charge in [-0.3, -0.25) is 10.00 Å². The third kappa shape index (κ3) is 3.71. The van der Waals surface area contributed by atoms with E-state index in [0.29, 0.717) is 18.9 Å². The van der Waals surface area contributed by atoms with Gasteiger partial charge in [0.2, 0.25) is 0 Å². The van der Waals surface area contributed by atoms with Crippen LogP contribution in [0.15, 0.2) is 42.6 Å². The third-order valence-corrected chi connectivity index (χ3v) is 4.21. The van der Waals surface area contributed by atoms with E-state index < -0.39 is 6.10 Å². The van der Waals surface area contributed by atoms with Crippen molar-refractivity contribution in [1.29, 1.82) is 0 Å². The molecule has 122 valence electrons. The Balaban J connectivity index is 1.64. The number of aromatic nitrogens is 2. The van der Waals surface area contributed by atoms with Crippen LogP contribution in [0.4, 0.5) is 10.6 Å². The molecule has 1 aromatic carbocycles. The van der Waals surface area contributed by atoms with E-state index in [2.05, 4.69) is 29.5 Å². The van der Waals surface area contributed by atoms with E-state index >= 15 is 0 Å². The predicted molar refractivity (Wildman–Crippen MR) is 88.3 cm³/mol. The van der Waals surface area contributed by atoms with E-state index in [1.54, 1.807) is 11.0 Å². The molecule has 2 amide bonds. The van der Waals surface area contributed by atoms with E-state index in [1.165, 1.54) is 0 Å². The summed E-state index contributed by atoms with van der Waals surface area (Å²) < 4.78 is 1.83. The molecule has 2 aromatic rings. The molecule has 1 aliphatic heterocycles. The monoisotopic (exact) mass is 314 g/mol. The summed E-state index contributed by atoms with van der Waals surface area (Å²) in [7, 11) is 0. The zero-order valence-corrected chi connectivity index (χ0v) is 13.2. The lowest BCUT2D eigenvalue weighted by Gasteiger charge is -2.29. The number of nitrogens with one attached hydrogen (secondary N) is 1. The van der Waals surface area contributed by atoms with Crippen molar-refractivity contribution in [2.45, 2.75) is 31.9 Å². The zero-order chi connectivity index (χ0) is 16.2. The highest BCUT2D eigenvalue weighted by atomic mass is 16.3. The van der Waals surface area contributed by atoms with Gasteiger partial charge in [-0.15, -0.1) is 0 Å². The largest absolute Gasteiger partial charge is 0.391 e. The summed E-state index contributed by atoms with van der Waals surface area (Å²) in [6.07, 6.45) is 3.02. The van der Waals surface area contributed by atoms with Gasteiger partial charge in [-0.2, -0.15) is 5.10 Å². The van der Waals surface area contributed by atoms with Gasteiger partial charge in [0.15, 0.2) is 5.82 Å². The molecule has 1 aromatic heterocycles. The van der Waals surface area contributed by atoms with Crippen LogP contribution < -0.4 is 5.32 Å². The second-order valence-corrected chi connectivity index (χ2v) is 5.94. The number of carbonyl (C=O) groups excluding carboxylic acids is 1. The Morgan fingerprint density at radius 2 is 2.13 bits per heavy atom. The summed E-state index contributed by atoms with van der Waals surface area (Å²) in [4.78, 5) is 13.8. The van der Waals surface area contributed by atoms with Gasteiger partial charge in [0.1, 0.15) is 0 Å². The molecule has 0 radical (unpaired) electrons. The second kappa shape index (κ2) is 6.83. The number of aliphatic hydroxyl groups excluding tert-OH is 1. The summed E-state index contributed by atoms with van der Waals surface area (Å²) in [5.74, 6) is 0.526. The highest BCUT2D eigenvalue weighted by Gasteiger charge is 2.22. The van der Waals surface area contributed by atoms with Crippen molar-refractivity contribution in [3.8, 4) is 0 Å².